The first-order chi connectivity index (χ1) is 21.7. The molecule has 8 nitrogen and oxygen atoms in total. The molecule has 234 valence electrons. The largest absolute Gasteiger partial charge is 0.361 e. The van der Waals surface area contributed by atoms with E-state index in [0.717, 1.165) is 32.5 Å². The number of hydrogen-bond acceptors (Lipinski definition) is 4. The quantitative estimate of drug-likeness (QED) is 0.231. The molecule has 0 radical (unpaired) electrons. The van der Waals surface area contributed by atoms with Gasteiger partial charge in [-0.25, -0.2) is 4.79 Å². The fourth-order valence-corrected chi connectivity index (χ4v) is 8.11. The van der Waals surface area contributed by atoms with Crippen LogP contribution in [0.25, 0.3) is 10.9 Å². The number of aromatic nitrogens is 1. The van der Waals surface area contributed by atoms with Crippen molar-refractivity contribution in [2.75, 3.05) is 32.7 Å². The molecule has 0 bridgehead atoms. The number of urea groups is 1. The van der Waals surface area contributed by atoms with Crippen LogP contribution in [0.5, 0.6) is 0 Å². The van der Waals surface area contributed by atoms with E-state index in [1.807, 2.05) is 96.6 Å². The van der Waals surface area contributed by atoms with Crippen molar-refractivity contribution in [3.05, 3.63) is 99.7 Å². The van der Waals surface area contributed by atoms with Crippen molar-refractivity contribution in [3.8, 4) is 0 Å². The predicted molar refractivity (Wildman–Crippen MR) is 180 cm³/mol. The van der Waals surface area contributed by atoms with Gasteiger partial charge in [-0.05, 0) is 55.8 Å². The minimum atomic E-state index is -1.18. The van der Waals surface area contributed by atoms with E-state index in [2.05, 4.69) is 10.3 Å². The van der Waals surface area contributed by atoms with Gasteiger partial charge >= 0.3 is 6.03 Å². The third kappa shape index (κ3) is 6.26. The van der Waals surface area contributed by atoms with Crippen LogP contribution >= 0.6 is 35.0 Å². The van der Waals surface area contributed by atoms with Crippen molar-refractivity contribution < 1.29 is 14.4 Å². The van der Waals surface area contributed by atoms with Crippen molar-refractivity contribution in [1.29, 1.82) is 0 Å². The van der Waals surface area contributed by atoms with Crippen molar-refractivity contribution in [3.63, 3.8) is 0 Å². The summed E-state index contributed by atoms with van der Waals surface area (Å²) in [6.07, 6.45) is 1.93. The minimum absolute atomic E-state index is 0.0272. The molecule has 2 aliphatic rings. The SMILES string of the molecule is CCNC(=O)N1CCN(C(=O)C2(Sc3ccc(C)cc3)CC(=O)N(Cc3ccc(Cl)cc3)C2c2c[nH]c3cc(Cl)ccc23)CC1. The summed E-state index contributed by atoms with van der Waals surface area (Å²) < 4.78 is -1.18. The zero-order chi connectivity index (χ0) is 31.7. The van der Waals surface area contributed by atoms with Gasteiger partial charge in [-0.15, -0.1) is 11.8 Å². The third-order valence-electron chi connectivity index (χ3n) is 8.59. The molecule has 1 aromatic heterocycles. The van der Waals surface area contributed by atoms with Gasteiger partial charge in [0.25, 0.3) is 0 Å². The zero-order valence-electron chi connectivity index (χ0n) is 25.2. The van der Waals surface area contributed by atoms with Gasteiger partial charge in [0.05, 0.1) is 12.5 Å². The van der Waals surface area contributed by atoms with Gasteiger partial charge in [-0.3, -0.25) is 9.59 Å². The summed E-state index contributed by atoms with van der Waals surface area (Å²) in [6, 6.07) is 20.4. The molecule has 0 aliphatic carbocycles. The van der Waals surface area contributed by atoms with Crippen molar-refractivity contribution in [2.24, 2.45) is 0 Å². The van der Waals surface area contributed by atoms with Crippen LogP contribution in [-0.2, 0) is 16.1 Å². The van der Waals surface area contributed by atoms with E-state index in [4.69, 9.17) is 23.2 Å². The van der Waals surface area contributed by atoms with E-state index in [0.29, 0.717) is 49.3 Å². The van der Waals surface area contributed by atoms with Gasteiger partial charge < -0.3 is 25.0 Å². The molecule has 2 aliphatic heterocycles. The monoisotopic (exact) mass is 663 g/mol. The average Bonchev–Trinajstić information content (AvgIpc) is 3.56. The van der Waals surface area contributed by atoms with E-state index in [-0.39, 0.29) is 24.3 Å². The number of thioether (sulfide) groups is 1. The number of likely N-dealkylation sites (tertiary alicyclic amines) is 1. The summed E-state index contributed by atoms with van der Waals surface area (Å²) in [6.45, 7) is 6.36. The minimum Gasteiger partial charge on any atom is -0.361 e. The Hall–Kier alpha value is -3.66. The first-order valence-corrected chi connectivity index (χ1v) is 16.6. The second-order valence-electron chi connectivity index (χ2n) is 11.6. The van der Waals surface area contributed by atoms with Crippen LogP contribution in [0.2, 0.25) is 10.0 Å². The molecule has 0 spiro atoms. The number of aryl methyl sites for hydroxylation is 1. The van der Waals surface area contributed by atoms with E-state index >= 15 is 4.79 Å². The van der Waals surface area contributed by atoms with Crippen LogP contribution in [0.1, 0.15) is 36.1 Å². The summed E-state index contributed by atoms with van der Waals surface area (Å²) >= 11 is 14.0. The van der Waals surface area contributed by atoms with Gasteiger partial charge in [-0.2, -0.15) is 0 Å². The number of amides is 4. The predicted octanol–water partition coefficient (Wildman–Crippen LogP) is 6.66. The molecule has 2 unspecified atom stereocenters. The van der Waals surface area contributed by atoms with Crippen LogP contribution in [0.15, 0.2) is 77.8 Å². The number of hydrogen-bond donors (Lipinski definition) is 2. The molecule has 2 N–H and O–H groups in total. The van der Waals surface area contributed by atoms with Crippen molar-refractivity contribution >= 4 is 63.7 Å². The standard InChI is InChI=1S/C34H35Cl2N5O3S/c1-3-37-33(44)40-16-14-39(15-17-40)32(43)34(45-26-11-4-22(2)5-12-26)19-30(42)41(21-23-6-8-24(35)9-7-23)31(34)28-20-38-29-18-25(36)10-13-27(28)29/h4-13,18,20,31,38H,3,14-17,19,21H2,1-2H3,(H,37,44). The van der Waals surface area contributed by atoms with Crippen molar-refractivity contribution in [2.45, 2.75) is 42.5 Å². The number of fused-ring (bicyclic) bond motifs is 1. The van der Waals surface area contributed by atoms with Gasteiger partial charge in [0.2, 0.25) is 11.8 Å². The lowest BCUT2D eigenvalue weighted by Crippen LogP contribution is -2.58. The van der Waals surface area contributed by atoms with Gasteiger partial charge in [0.1, 0.15) is 4.75 Å². The number of carbonyl (C=O) groups excluding carboxylic acids is 3. The van der Waals surface area contributed by atoms with E-state index in [1.54, 1.807) is 4.90 Å². The Bertz CT molecular complexity index is 1720. The van der Waals surface area contributed by atoms with E-state index in [9.17, 15) is 9.59 Å². The number of carbonyl (C=O) groups is 3. The normalized spacial score (nSPS) is 20.2. The maximum absolute atomic E-state index is 15.0. The number of benzene rings is 3. The molecule has 4 aromatic rings. The summed E-state index contributed by atoms with van der Waals surface area (Å²) in [5.74, 6) is -0.212. The Morgan fingerprint density at radius 2 is 1.62 bits per heavy atom. The van der Waals surface area contributed by atoms with Crippen LogP contribution in [0.3, 0.4) is 0 Å². The molecule has 0 saturated carbocycles. The van der Waals surface area contributed by atoms with Crippen LogP contribution in [0, 0.1) is 6.92 Å². The molecule has 2 saturated heterocycles. The second-order valence-corrected chi connectivity index (χ2v) is 13.9. The fraction of sp³-hybridized carbons (Fsp3) is 0.324. The number of nitrogens with zero attached hydrogens (tertiary/aromatic N) is 3. The Morgan fingerprint density at radius 1 is 0.956 bits per heavy atom. The van der Waals surface area contributed by atoms with Crippen LogP contribution in [-0.4, -0.2) is 75.0 Å². The molecule has 4 amide bonds. The summed E-state index contributed by atoms with van der Waals surface area (Å²) in [7, 11) is 0. The number of H-pyrrole nitrogens is 1. The molecule has 2 fully saturated rings. The third-order valence-corrected chi connectivity index (χ3v) is 10.5. The number of rotatable bonds is 7. The second kappa shape index (κ2) is 13.0. The maximum Gasteiger partial charge on any atom is 0.317 e. The number of piperazine rings is 1. The molecule has 6 rings (SSSR count). The highest BCUT2D eigenvalue weighted by Crippen LogP contribution is 2.55. The lowest BCUT2D eigenvalue weighted by molar-refractivity contribution is -0.136. The van der Waals surface area contributed by atoms with Crippen LogP contribution < -0.4 is 5.32 Å². The summed E-state index contributed by atoms with van der Waals surface area (Å²) in [5.41, 5.74) is 3.72. The topological polar surface area (TPSA) is 88.8 Å². The fourth-order valence-electron chi connectivity index (χ4n) is 6.34. The van der Waals surface area contributed by atoms with Crippen LogP contribution in [0.4, 0.5) is 4.79 Å². The molecular weight excluding hydrogens is 629 g/mol. The van der Waals surface area contributed by atoms with Gasteiger partial charge in [0, 0.05) is 76.9 Å². The van der Waals surface area contributed by atoms with Gasteiger partial charge in [-0.1, -0.05) is 59.1 Å². The highest BCUT2D eigenvalue weighted by atomic mass is 35.5. The summed E-state index contributed by atoms with van der Waals surface area (Å²) in [4.78, 5) is 51.5. The number of nitrogens with one attached hydrogen (secondary N) is 2. The average molecular weight is 665 g/mol. The number of halogens is 2. The van der Waals surface area contributed by atoms with E-state index in [1.165, 1.54) is 11.8 Å². The van der Waals surface area contributed by atoms with Crippen molar-refractivity contribution in [1.82, 2.24) is 25.0 Å². The highest BCUT2D eigenvalue weighted by molar-refractivity contribution is 8.01. The molecule has 45 heavy (non-hydrogen) atoms. The maximum atomic E-state index is 15.0. The first-order valence-electron chi connectivity index (χ1n) is 15.1. The zero-order valence-corrected chi connectivity index (χ0v) is 27.5. The lowest BCUT2D eigenvalue weighted by Gasteiger charge is -2.42. The molecule has 3 heterocycles. The molecule has 3 aromatic carbocycles. The molecular formula is C34H35Cl2N5O3S. The highest BCUT2D eigenvalue weighted by Gasteiger charge is 2.59. The molecule has 2 atom stereocenters. The number of aromatic amines is 1. The molecule has 11 heteroatoms. The van der Waals surface area contributed by atoms with Gasteiger partial charge in [0.15, 0.2) is 0 Å². The Kier molecular flexibility index (Phi) is 9.04. The Labute approximate surface area is 277 Å². The van der Waals surface area contributed by atoms with E-state index < -0.39 is 10.8 Å². The first kappa shape index (κ1) is 31.3. The Balaban J connectivity index is 1.46. The Morgan fingerprint density at radius 3 is 2.31 bits per heavy atom. The smallest absolute Gasteiger partial charge is 0.317 e. The lowest BCUT2D eigenvalue weighted by atomic mass is 9.90. The summed E-state index contributed by atoms with van der Waals surface area (Å²) in [5, 5.41) is 4.97.